The first-order valence-electron chi connectivity index (χ1n) is 7.64. The number of piperidine rings is 1. The maximum atomic E-state index is 6.29. The summed E-state index contributed by atoms with van der Waals surface area (Å²) in [7, 11) is 0. The molecule has 5 nitrogen and oxygen atoms in total. The van der Waals surface area contributed by atoms with Crippen molar-refractivity contribution in [3.63, 3.8) is 0 Å². The minimum Gasteiger partial charge on any atom is -0.399 e. The number of nitrogens with one attached hydrogen (secondary N) is 1. The number of aromatic nitrogens is 2. The Labute approximate surface area is 144 Å². The predicted octanol–water partition coefficient (Wildman–Crippen LogP) is 4.12. The van der Waals surface area contributed by atoms with E-state index in [2.05, 4.69) is 21.8 Å². The lowest BCUT2D eigenvalue weighted by atomic mass is 10.1. The third kappa shape index (κ3) is 3.59. The van der Waals surface area contributed by atoms with Crippen molar-refractivity contribution in [2.75, 3.05) is 23.3 Å². The highest BCUT2D eigenvalue weighted by Crippen LogP contribution is 2.37. The number of pyridine rings is 1. The summed E-state index contributed by atoms with van der Waals surface area (Å²) in [4.78, 5) is 11.5. The first-order valence-corrected chi connectivity index (χ1v) is 8.84. The zero-order valence-corrected chi connectivity index (χ0v) is 14.7. The summed E-state index contributed by atoms with van der Waals surface area (Å²) in [6, 6.07) is 0. The van der Waals surface area contributed by atoms with E-state index in [0.717, 1.165) is 40.0 Å². The average Bonchev–Trinajstić information content (AvgIpc) is 2.97. The normalized spacial score (nSPS) is 15.9. The van der Waals surface area contributed by atoms with Crippen molar-refractivity contribution in [1.82, 2.24) is 9.97 Å². The second kappa shape index (κ2) is 6.76. The molecule has 122 valence electrons. The largest absolute Gasteiger partial charge is 0.399 e. The van der Waals surface area contributed by atoms with Gasteiger partial charge >= 0.3 is 0 Å². The Morgan fingerprint density at radius 3 is 2.87 bits per heavy atom. The Hall–Kier alpha value is -1.79. The van der Waals surface area contributed by atoms with Crippen LogP contribution in [0, 0.1) is 0 Å². The molecule has 3 N–H and O–H groups in total. The van der Waals surface area contributed by atoms with Crippen molar-refractivity contribution < 1.29 is 0 Å². The molecular formula is C16H20ClN5S. The maximum absolute atomic E-state index is 6.29. The number of rotatable bonds is 4. The third-order valence-corrected chi connectivity index (χ3v) is 5.11. The molecule has 1 saturated heterocycles. The molecule has 0 spiro atoms. The van der Waals surface area contributed by atoms with Crippen molar-refractivity contribution in [3.05, 3.63) is 35.3 Å². The molecule has 1 fully saturated rings. The first-order chi connectivity index (χ1) is 11.0. The number of halogens is 1. The van der Waals surface area contributed by atoms with Gasteiger partial charge in [0.25, 0.3) is 0 Å². The predicted molar refractivity (Wildman–Crippen MR) is 99.2 cm³/mol. The van der Waals surface area contributed by atoms with Gasteiger partial charge in [-0.05, 0) is 32.3 Å². The molecule has 3 rings (SSSR count). The summed E-state index contributed by atoms with van der Waals surface area (Å²) in [6.45, 7) is 7.72. The molecule has 0 aliphatic carbocycles. The van der Waals surface area contributed by atoms with Crippen LogP contribution in [0.3, 0.4) is 0 Å². The summed E-state index contributed by atoms with van der Waals surface area (Å²) in [5.41, 5.74) is 7.79. The van der Waals surface area contributed by atoms with Gasteiger partial charge in [-0.15, -0.1) is 0 Å². The first kappa shape index (κ1) is 16.1. The standard InChI is InChI=1S/C16H20ClN5S/c1-10(18)8-11(2)20-15-14-13(12(17)9-19-15)21-16(23-14)22-6-4-3-5-7-22/h8-9H,1,3-7,18H2,2H3,(H,19,20)/b11-8+. The quantitative estimate of drug-likeness (QED) is 0.812. The van der Waals surface area contributed by atoms with E-state index < -0.39 is 0 Å². The molecule has 0 amide bonds. The van der Waals surface area contributed by atoms with E-state index in [4.69, 9.17) is 22.3 Å². The van der Waals surface area contributed by atoms with Crippen LogP contribution in [0.5, 0.6) is 0 Å². The van der Waals surface area contributed by atoms with E-state index >= 15 is 0 Å². The Kier molecular flexibility index (Phi) is 4.73. The van der Waals surface area contributed by atoms with Gasteiger partial charge in [0.1, 0.15) is 16.0 Å². The monoisotopic (exact) mass is 349 g/mol. The number of allylic oxidation sites excluding steroid dienone is 2. The molecule has 23 heavy (non-hydrogen) atoms. The fourth-order valence-corrected chi connectivity index (χ4v) is 4.01. The van der Waals surface area contributed by atoms with Gasteiger partial charge in [-0.2, -0.15) is 0 Å². The molecule has 7 heteroatoms. The van der Waals surface area contributed by atoms with Gasteiger partial charge in [0.15, 0.2) is 5.13 Å². The van der Waals surface area contributed by atoms with E-state index in [1.807, 2.05) is 6.92 Å². The highest BCUT2D eigenvalue weighted by Gasteiger charge is 2.18. The lowest BCUT2D eigenvalue weighted by Crippen LogP contribution is -2.29. The zero-order chi connectivity index (χ0) is 16.4. The molecule has 1 aliphatic heterocycles. The van der Waals surface area contributed by atoms with Crippen molar-refractivity contribution in [2.45, 2.75) is 26.2 Å². The van der Waals surface area contributed by atoms with E-state index in [1.165, 1.54) is 19.3 Å². The number of anilines is 2. The summed E-state index contributed by atoms with van der Waals surface area (Å²) in [6.07, 6.45) is 7.13. The molecule has 0 aromatic carbocycles. The summed E-state index contributed by atoms with van der Waals surface area (Å²) < 4.78 is 0.966. The highest BCUT2D eigenvalue weighted by molar-refractivity contribution is 7.22. The minimum absolute atomic E-state index is 0.499. The number of nitrogens with two attached hydrogens (primary N) is 1. The van der Waals surface area contributed by atoms with Crippen LogP contribution in [0.25, 0.3) is 10.2 Å². The Balaban J connectivity index is 1.97. The van der Waals surface area contributed by atoms with Crippen molar-refractivity contribution in [1.29, 1.82) is 0 Å². The molecule has 0 atom stereocenters. The van der Waals surface area contributed by atoms with Gasteiger partial charge in [-0.1, -0.05) is 29.5 Å². The summed E-state index contributed by atoms with van der Waals surface area (Å²) in [5, 5.41) is 4.86. The van der Waals surface area contributed by atoms with Crippen molar-refractivity contribution in [3.8, 4) is 0 Å². The second-order valence-electron chi connectivity index (χ2n) is 5.70. The van der Waals surface area contributed by atoms with E-state index in [0.29, 0.717) is 10.7 Å². The molecule has 0 bridgehead atoms. The van der Waals surface area contributed by atoms with E-state index in [9.17, 15) is 0 Å². The van der Waals surface area contributed by atoms with Crippen molar-refractivity contribution in [2.24, 2.45) is 5.73 Å². The van der Waals surface area contributed by atoms with E-state index in [1.54, 1.807) is 23.6 Å². The molecule has 0 saturated carbocycles. The molecule has 1 aliphatic rings. The van der Waals surface area contributed by atoms with Crippen molar-refractivity contribution >= 4 is 44.1 Å². The molecule has 3 heterocycles. The Bertz CT molecular complexity index is 761. The smallest absolute Gasteiger partial charge is 0.186 e. The van der Waals surface area contributed by atoms with Crippen LogP contribution in [0.2, 0.25) is 5.02 Å². The lowest BCUT2D eigenvalue weighted by Gasteiger charge is -2.25. The second-order valence-corrected chi connectivity index (χ2v) is 7.09. The van der Waals surface area contributed by atoms with Gasteiger partial charge in [-0.3, -0.25) is 0 Å². The molecule has 0 unspecified atom stereocenters. The van der Waals surface area contributed by atoms with Crippen LogP contribution in [0.1, 0.15) is 26.2 Å². The number of fused-ring (bicyclic) bond motifs is 1. The van der Waals surface area contributed by atoms with Gasteiger partial charge in [0.05, 0.1) is 11.2 Å². The van der Waals surface area contributed by atoms with Gasteiger partial charge < -0.3 is 16.0 Å². The number of hydrogen-bond donors (Lipinski definition) is 2. The van der Waals surface area contributed by atoms with Crippen LogP contribution in [0.15, 0.2) is 30.2 Å². The average molecular weight is 350 g/mol. The maximum Gasteiger partial charge on any atom is 0.186 e. The number of hydrogen-bond acceptors (Lipinski definition) is 6. The highest BCUT2D eigenvalue weighted by atomic mass is 35.5. The van der Waals surface area contributed by atoms with Crippen LogP contribution < -0.4 is 16.0 Å². The molecule has 2 aromatic heterocycles. The lowest BCUT2D eigenvalue weighted by molar-refractivity contribution is 0.577. The summed E-state index contributed by atoms with van der Waals surface area (Å²) in [5.74, 6) is 0.750. The topological polar surface area (TPSA) is 67.1 Å². The SMILES string of the molecule is C=C(N)/C=C(\C)Nc1ncc(Cl)c2nc(N3CCCCC3)sc12. The van der Waals surface area contributed by atoms with E-state index in [-0.39, 0.29) is 0 Å². The Morgan fingerprint density at radius 2 is 2.17 bits per heavy atom. The number of thiazole rings is 1. The van der Waals surface area contributed by atoms with Crippen LogP contribution in [-0.4, -0.2) is 23.1 Å². The number of nitrogens with zero attached hydrogens (tertiary/aromatic N) is 3. The molecule has 0 radical (unpaired) electrons. The fraction of sp³-hybridized carbons (Fsp3) is 0.375. The van der Waals surface area contributed by atoms with Crippen LogP contribution in [0.4, 0.5) is 10.9 Å². The Morgan fingerprint density at radius 1 is 1.43 bits per heavy atom. The molecular weight excluding hydrogens is 330 g/mol. The fourth-order valence-electron chi connectivity index (χ4n) is 2.68. The minimum atomic E-state index is 0.499. The zero-order valence-electron chi connectivity index (χ0n) is 13.1. The van der Waals surface area contributed by atoms with Crippen LogP contribution in [-0.2, 0) is 0 Å². The van der Waals surface area contributed by atoms with Gasteiger partial charge in [-0.25, -0.2) is 9.97 Å². The third-order valence-electron chi connectivity index (χ3n) is 3.71. The molecule has 2 aromatic rings. The van der Waals surface area contributed by atoms with Gasteiger partial charge in [0.2, 0.25) is 0 Å². The summed E-state index contributed by atoms with van der Waals surface area (Å²) >= 11 is 7.92. The van der Waals surface area contributed by atoms with Crippen LogP contribution >= 0.6 is 22.9 Å². The van der Waals surface area contributed by atoms with Gasteiger partial charge in [0, 0.05) is 24.5 Å².